The highest BCUT2D eigenvalue weighted by Gasteiger charge is 2.40. The highest BCUT2D eigenvalue weighted by molar-refractivity contribution is 7.93. The summed E-state index contributed by atoms with van der Waals surface area (Å²) in [7, 11) is -5.65. The van der Waals surface area contributed by atoms with Crippen molar-refractivity contribution in [2.45, 2.75) is 95.1 Å². The summed E-state index contributed by atoms with van der Waals surface area (Å²) in [6.45, 7) is 12.5. The first-order valence-corrected chi connectivity index (χ1v) is 19.3. The Morgan fingerprint density at radius 3 is 2.40 bits per heavy atom. The molecule has 0 spiro atoms. The van der Waals surface area contributed by atoms with Crippen LogP contribution in [0.3, 0.4) is 0 Å². The van der Waals surface area contributed by atoms with E-state index in [0.717, 1.165) is 6.92 Å². The molecule has 0 unspecified atom stereocenters. The normalized spacial score (nSPS) is 18.0. The molecule has 0 bridgehead atoms. The van der Waals surface area contributed by atoms with Crippen molar-refractivity contribution < 1.29 is 40.2 Å². The summed E-state index contributed by atoms with van der Waals surface area (Å²) in [6, 6.07) is 5.66. The third-order valence-electron chi connectivity index (χ3n) is 8.29. The van der Waals surface area contributed by atoms with Crippen molar-refractivity contribution in [2.24, 2.45) is 4.36 Å². The van der Waals surface area contributed by atoms with Crippen molar-refractivity contribution >= 4 is 41.4 Å². The molecule has 8 nitrogen and oxygen atoms in total. The van der Waals surface area contributed by atoms with Gasteiger partial charge in [-0.15, -0.1) is 0 Å². The Balaban J connectivity index is 1.95. The molecule has 0 saturated carbocycles. The van der Waals surface area contributed by atoms with Crippen molar-refractivity contribution in [3.05, 3.63) is 47.2 Å². The summed E-state index contributed by atoms with van der Waals surface area (Å²) in [5.41, 5.74) is -1.87. The minimum atomic E-state index is -4.82. The van der Waals surface area contributed by atoms with E-state index in [4.69, 9.17) is 4.43 Å². The molecule has 1 aromatic carbocycles. The number of aromatic nitrogens is 1. The summed E-state index contributed by atoms with van der Waals surface area (Å²) < 4.78 is 93.1. The van der Waals surface area contributed by atoms with E-state index in [-0.39, 0.29) is 47.4 Å². The fraction of sp³-hybridized carbons (Fsp3) is 0.567. The van der Waals surface area contributed by atoms with Crippen molar-refractivity contribution in [1.29, 1.82) is 0 Å². The average molecular weight is 677 g/mol. The largest absolute Gasteiger partial charge is 0.418 e. The molecule has 3 rings (SSSR count). The summed E-state index contributed by atoms with van der Waals surface area (Å²) in [5, 5.41) is 2.36. The van der Waals surface area contributed by atoms with Gasteiger partial charge in [0.1, 0.15) is 11.9 Å². The van der Waals surface area contributed by atoms with E-state index in [1.165, 1.54) is 35.4 Å². The molecule has 1 aromatic heterocycles. The summed E-state index contributed by atoms with van der Waals surface area (Å²) >= 11 is 0. The van der Waals surface area contributed by atoms with Gasteiger partial charge in [0.2, 0.25) is 5.92 Å². The maximum atomic E-state index is 14.0. The van der Waals surface area contributed by atoms with Crippen LogP contribution >= 0.6 is 0 Å². The number of carbonyl (C=O) groups excluding carboxylic acids is 2. The Bertz CT molecular complexity index is 1570. The van der Waals surface area contributed by atoms with Crippen LogP contribution in [0.15, 0.2) is 39.7 Å². The molecule has 1 saturated heterocycles. The number of alkyl halides is 5. The number of nitrogens with one attached hydrogen (secondary N) is 1. The molecule has 1 fully saturated rings. The van der Waals surface area contributed by atoms with Gasteiger partial charge in [-0.1, -0.05) is 26.8 Å². The predicted octanol–water partition coefficient (Wildman–Crippen LogP) is 7.68. The van der Waals surface area contributed by atoms with Crippen molar-refractivity contribution in [1.82, 2.24) is 4.98 Å². The molecule has 1 aliphatic rings. The fourth-order valence-electron chi connectivity index (χ4n) is 4.63. The average Bonchev–Trinajstić information content (AvgIpc) is 3.06. The number of carbonyl (C=O) groups is 2. The summed E-state index contributed by atoms with van der Waals surface area (Å²) in [6.07, 6.45) is -4.76. The van der Waals surface area contributed by atoms with Gasteiger partial charge in [-0.25, -0.2) is 18.0 Å². The minimum Gasteiger partial charge on any atom is -0.405 e. The topological polar surface area (TPSA) is 101 Å². The van der Waals surface area contributed by atoms with Crippen LogP contribution in [0.5, 0.6) is 0 Å². The molecule has 2 amide bonds. The van der Waals surface area contributed by atoms with Gasteiger partial charge in [-0.05, 0) is 62.2 Å². The first-order valence-electron chi connectivity index (χ1n) is 14.5. The zero-order valence-electron chi connectivity index (χ0n) is 26.8. The number of benzene rings is 1. The van der Waals surface area contributed by atoms with Crippen LogP contribution in [0.2, 0.25) is 18.1 Å². The third kappa shape index (κ3) is 8.88. The van der Waals surface area contributed by atoms with E-state index in [0.29, 0.717) is 6.20 Å². The van der Waals surface area contributed by atoms with E-state index in [1.807, 2.05) is 33.9 Å². The Morgan fingerprint density at radius 1 is 1.16 bits per heavy atom. The molecule has 0 aliphatic carbocycles. The summed E-state index contributed by atoms with van der Waals surface area (Å²) in [5.74, 6) is -4.74. The second-order valence-electron chi connectivity index (χ2n) is 12.9. The Labute approximate surface area is 262 Å². The number of anilines is 2. The second kappa shape index (κ2) is 13.1. The van der Waals surface area contributed by atoms with Gasteiger partial charge in [-0.2, -0.15) is 17.5 Å². The van der Waals surface area contributed by atoms with Gasteiger partial charge < -0.3 is 14.6 Å². The molecule has 2 heterocycles. The first-order chi connectivity index (χ1) is 20.4. The van der Waals surface area contributed by atoms with Gasteiger partial charge in [0, 0.05) is 49.0 Å². The highest BCUT2D eigenvalue weighted by atomic mass is 32.2. The van der Waals surface area contributed by atoms with Crippen LogP contribution in [0.25, 0.3) is 0 Å². The molecule has 2 aromatic rings. The van der Waals surface area contributed by atoms with Crippen LogP contribution < -0.4 is 10.2 Å². The molecular weight excluding hydrogens is 635 g/mol. The SMILES string of the molecule is Cc1c(C(F)(F)F)cnc(N2CCCC(F)(F)CC2)c1C(=O)Nc1cccc([S@@](C)(=O)=NC(=O)[C@H](C)O[Si](C)(C)C(C)(C)C)c1. The number of halogens is 5. The maximum absolute atomic E-state index is 14.0. The van der Waals surface area contributed by atoms with Gasteiger partial charge in [0.25, 0.3) is 11.8 Å². The number of nitrogens with zero attached hydrogens (tertiary/aromatic N) is 3. The third-order valence-corrected chi connectivity index (χ3v) is 14.5. The summed E-state index contributed by atoms with van der Waals surface area (Å²) in [4.78, 5) is 31.9. The van der Waals surface area contributed by atoms with Crippen LogP contribution in [-0.4, -0.2) is 60.7 Å². The van der Waals surface area contributed by atoms with Crippen LogP contribution in [-0.2, 0) is 25.1 Å². The monoisotopic (exact) mass is 676 g/mol. The number of hydrogen-bond donors (Lipinski definition) is 1. The van der Waals surface area contributed by atoms with Crippen molar-refractivity contribution in [3.63, 3.8) is 0 Å². The first kappa shape index (κ1) is 36.6. The molecule has 0 radical (unpaired) electrons. The predicted molar refractivity (Wildman–Crippen MR) is 167 cm³/mol. The second-order valence-corrected chi connectivity index (χ2v) is 19.9. The zero-order chi connectivity index (χ0) is 34.2. The number of pyridine rings is 1. The molecule has 1 aliphatic heterocycles. The molecule has 15 heteroatoms. The molecule has 1 N–H and O–H groups in total. The fourth-order valence-corrected chi connectivity index (χ4v) is 7.25. The molecule has 250 valence electrons. The van der Waals surface area contributed by atoms with Gasteiger partial charge in [0.15, 0.2) is 8.32 Å². The molecular formula is C30H41F5N4O4SSi. The standard InChI is InChI=1S/C30H41F5N4O4SSi/c1-19-23(30(33,34)35)18-36-25(39-15-10-13-29(31,32)14-16-39)24(19)27(41)37-21-11-9-12-22(17-21)44(6,42)38-26(40)20(2)43-45(7,8)28(3,4)5/h9,11-12,17-18,20H,10,13-16H2,1-8H3,(H,37,41)/t20-,44+/m0/s1. The maximum Gasteiger partial charge on any atom is 0.418 e. The number of hydrogen-bond acceptors (Lipinski definition) is 6. The van der Waals surface area contributed by atoms with Crippen molar-refractivity contribution in [2.75, 3.05) is 29.6 Å². The quantitative estimate of drug-likeness (QED) is 0.239. The Morgan fingerprint density at radius 2 is 1.80 bits per heavy atom. The number of rotatable bonds is 7. The lowest BCUT2D eigenvalue weighted by Crippen LogP contribution is -2.45. The lowest BCUT2D eigenvalue weighted by atomic mass is 10.0. The van der Waals surface area contributed by atoms with E-state index < -0.39 is 71.2 Å². The lowest BCUT2D eigenvalue weighted by molar-refractivity contribution is -0.138. The molecule has 2 atom stereocenters. The number of amides is 2. The smallest absolute Gasteiger partial charge is 0.405 e. The van der Waals surface area contributed by atoms with Gasteiger partial charge in [-0.3, -0.25) is 9.59 Å². The Kier molecular flexibility index (Phi) is 10.6. The van der Waals surface area contributed by atoms with Gasteiger partial charge in [0.05, 0.1) is 20.9 Å². The molecule has 45 heavy (non-hydrogen) atoms. The van der Waals surface area contributed by atoms with Crippen LogP contribution in [0.1, 0.15) is 68.4 Å². The van der Waals surface area contributed by atoms with E-state index in [2.05, 4.69) is 14.7 Å². The van der Waals surface area contributed by atoms with Crippen LogP contribution in [0, 0.1) is 6.92 Å². The minimum absolute atomic E-state index is 0.0600. The van der Waals surface area contributed by atoms with E-state index >= 15 is 0 Å². The highest BCUT2D eigenvalue weighted by Crippen LogP contribution is 2.38. The van der Waals surface area contributed by atoms with E-state index in [1.54, 1.807) is 6.92 Å². The van der Waals surface area contributed by atoms with E-state index in [9.17, 15) is 35.8 Å². The van der Waals surface area contributed by atoms with Crippen molar-refractivity contribution in [3.8, 4) is 0 Å². The van der Waals surface area contributed by atoms with Gasteiger partial charge >= 0.3 is 6.18 Å². The lowest BCUT2D eigenvalue weighted by Gasteiger charge is -2.37. The van der Waals surface area contributed by atoms with Crippen LogP contribution in [0.4, 0.5) is 33.5 Å². The zero-order valence-corrected chi connectivity index (χ0v) is 28.6. The Hall–Kier alpha value is -2.91.